The molecule has 1 heterocycles. The van der Waals surface area contributed by atoms with E-state index in [2.05, 4.69) is 16.0 Å². The average Bonchev–Trinajstić information content (AvgIpc) is 1.72. The smallest absolute Gasteiger partial charge is 0.115 e. The molecular weight excluding hydrogens is 76.1 g/mol. The molecule has 2 nitrogen and oxygen atoms in total. The van der Waals surface area contributed by atoms with Gasteiger partial charge in [-0.25, -0.2) is 9.97 Å². The molecule has 29 valence electrons. The molecule has 0 fully saturated rings. The molecule has 0 spiro atoms. The fourth-order valence-electron chi connectivity index (χ4n) is 0.225. The maximum atomic E-state index is 3.62. The van der Waals surface area contributed by atoms with Crippen LogP contribution in [0.25, 0.3) is 0 Å². The summed E-state index contributed by atoms with van der Waals surface area (Å²) < 4.78 is 0. The molecular formula is C4H3N2. The van der Waals surface area contributed by atoms with Gasteiger partial charge in [-0.3, -0.25) is 0 Å². The molecule has 0 aliphatic heterocycles. The third-order valence-electron chi connectivity index (χ3n) is 0.431. The Morgan fingerprint density at radius 3 is 2.00 bits per heavy atom. The van der Waals surface area contributed by atoms with Gasteiger partial charge in [0.25, 0.3) is 0 Å². The summed E-state index contributed by atoms with van der Waals surface area (Å²) in [5, 5.41) is 0. The van der Waals surface area contributed by atoms with Gasteiger partial charge < -0.3 is 0 Å². The zero-order valence-electron chi connectivity index (χ0n) is 3.13. The second kappa shape index (κ2) is 1.50. The summed E-state index contributed by atoms with van der Waals surface area (Å²) in [7, 11) is 0. The molecule has 0 aliphatic rings. The van der Waals surface area contributed by atoms with Gasteiger partial charge in [-0.15, -0.1) is 0 Å². The normalized spacial score (nSPS) is 8.00. The lowest BCUT2D eigenvalue weighted by atomic mass is 10.7. The number of nitrogens with zero attached hydrogens (tertiary/aromatic N) is 2. The highest BCUT2D eigenvalue weighted by molar-refractivity contribution is 4.71. The van der Waals surface area contributed by atoms with Crippen LogP contribution >= 0.6 is 0 Å². The van der Waals surface area contributed by atoms with Gasteiger partial charge in [-0.2, -0.15) is 0 Å². The molecule has 1 aromatic heterocycles. The SMILES string of the molecule is [c]1cncnc1. The summed E-state index contributed by atoms with van der Waals surface area (Å²) >= 11 is 0. The quantitative estimate of drug-likeness (QED) is 0.446. The van der Waals surface area contributed by atoms with Gasteiger partial charge in [-0.05, 0) is 0 Å². The molecule has 6 heavy (non-hydrogen) atoms. The van der Waals surface area contributed by atoms with Crippen LogP contribution < -0.4 is 0 Å². The van der Waals surface area contributed by atoms with Crippen LogP contribution in [0, 0.1) is 6.07 Å². The summed E-state index contributed by atoms with van der Waals surface area (Å²) in [6.45, 7) is 0. The molecule has 0 bridgehead atoms. The van der Waals surface area contributed by atoms with Crippen molar-refractivity contribution in [3.8, 4) is 0 Å². The van der Waals surface area contributed by atoms with Crippen molar-refractivity contribution in [2.24, 2.45) is 0 Å². The maximum Gasteiger partial charge on any atom is 0.115 e. The monoisotopic (exact) mass is 79.0 g/mol. The molecule has 1 rings (SSSR count). The van der Waals surface area contributed by atoms with E-state index in [0.29, 0.717) is 0 Å². The van der Waals surface area contributed by atoms with Crippen molar-refractivity contribution in [1.82, 2.24) is 9.97 Å². The number of hydrogen-bond donors (Lipinski definition) is 0. The van der Waals surface area contributed by atoms with Crippen LogP contribution in [0.2, 0.25) is 0 Å². The average molecular weight is 79.1 g/mol. The van der Waals surface area contributed by atoms with E-state index in [0.717, 1.165) is 0 Å². The standard InChI is InChI=1S/C4H3N2/c1-2-5-4-6-3-1/h2-4H. The lowest BCUT2D eigenvalue weighted by molar-refractivity contribution is 1.16. The van der Waals surface area contributed by atoms with E-state index in [1.807, 2.05) is 0 Å². The van der Waals surface area contributed by atoms with Crippen molar-refractivity contribution in [1.29, 1.82) is 0 Å². The Balaban J connectivity index is 3.00. The van der Waals surface area contributed by atoms with Gasteiger partial charge >= 0.3 is 0 Å². The van der Waals surface area contributed by atoms with Crippen LogP contribution in [-0.2, 0) is 0 Å². The van der Waals surface area contributed by atoms with Gasteiger partial charge in [-0.1, -0.05) is 0 Å². The Bertz CT molecular complexity index is 77.5. The summed E-state index contributed by atoms with van der Waals surface area (Å²) in [4.78, 5) is 7.24. The third kappa shape index (κ3) is 0.516. The van der Waals surface area contributed by atoms with Crippen molar-refractivity contribution in [2.45, 2.75) is 0 Å². The largest absolute Gasteiger partial charge is 0.244 e. The van der Waals surface area contributed by atoms with Gasteiger partial charge in [0.2, 0.25) is 0 Å². The Kier molecular flexibility index (Phi) is 0.819. The molecule has 1 radical (unpaired) electrons. The van der Waals surface area contributed by atoms with Crippen LogP contribution in [0.3, 0.4) is 0 Å². The predicted octanol–water partition coefficient (Wildman–Crippen LogP) is 0.277. The summed E-state index contributed by atoms with van der Waals surface area (Å²) in [5.41, 5.74) is 0. The highest BCUT2D eigenvalue weighted by Gasteiger charge is 1.60. The van der Waals surface area contributed by atoms with E-state index in [-0.39, 0.29) is 0 Å². The van der Waals surface area contributed by atoms with Crippen LogP contribution in [-0.4, -0.2) is 9.97 Å². The topological polar surface area (TPSA) is 25.8 Å². The van der Waals surface area contributed by atoms with E-state index in [4.69, 9.17) is 0 Å². The minimum absolute atomic E-state index is 1.47. The fourth-order valence-corrected chi connectivity index (χ4v) is 0.225. The molecule has 0 saturated carbocycles. The lowest BCUT2D eigenvalue weighted by Crippen LogP contribution is -1.67. The summed E-state index contributed by atoms with van der Waals surface area (Å²) in [6.07, 6.45) is 4.59. The zero-order chi connectivity index (χ0) is 4.24. The first-order chi connectivity index (χ1) is 3.00. The molecule has 0 amide bonds. The van der Waals surface area contributed by atoms with Crippen molar-refractivity contribution < 1.29 is 0 Å². The molecule has 1 aromatic rings. The van der Waals surface area contributed by atoms with E-state index in [1.54, 1.807) is 12.4 Å². The Hall–Kier alpha value is -0.920. The van der Waals surface area contributed by atoms with Crippen LogP contribution in [0.15, 0.2) is 18.7 Å². The first kappa shape index (κ1) is 3.28. The van der Waals surface area contributed by atoms with Crippen molar-refractivity contribution in [2.75, 3.05) is 0 Å². The highest BCUT2D eigenvalue weighted by Crippen LogP contribution is 1.64. The highest BCUT2D eigenvalue weighted by atomic mass is 14.8. The van der Waals surface area contributed by atoms with Crippen LogP contribution in [0.4, 0.5) is 0 Å². The fraction of sp³-hybridized carbons (Fsp3) is 0. The molecule has 0 unspecified atom stereocenters. The molecule has 0 aromatic carbocycles. The molecule has 0 aliphatic carbocycles. The van der Waals surface area contributed by atoms with Crippen molar-refractivity contribution in [3.63, 3.8) is 0 Å². The minimum Gasteiger partial charge on any atom is -0.244 e. The summed E-state index contributed by atoms with van der Waals surface area (Å²) in [6, 6.07) is 2.67. The van der Waals surface area contributed by atoms with Gasteiger partial charge in [0, 0.05) is 18.5 Å². The van der Waals surface area contributed by atoms with Crippen LogP contribution in [0.5, 0.6) is 0 Å². The Morgan fingerprint density at radius 2 is 1.83 bits per heavy atom. The lowest BCUT2D eigenvalue weighted by Gasteiger charge is -1.69. The van der Waals surface area contributed by atoms with Gasteiger partial charge in [0.05, 0.1) is 0 Å². The Morgan fingerprint density at radius 1 is 1.17 bits per heavy atom. The second-order valence-corrected chi connectivity index (χ2v) is 0.838. The van der Waals surface area contributed by atoms with Gasteiger partial charge in [0.15, 0.2) is 0 Å². The predicted molar refractivity (Wildman–Crippen MR) is 20.9 cm³/mol. The minimum atomic E-state index is 1.47. The zero-order valence-corrected chi connectivity index (χ0v) is 3.13. The number of hydrogen-bond acceptors (Lipinski definition) is 2. The summed E-state index contributed by atoms with van der Waals surface area (Å²) in [5.74, 6) is 0. The van der Waals surface area contributed by atoms with Crippen LogP contribution in [0.1, 0.15) is 0 Å². The van der Waals surface area contributed by atoms with Gasteiger partial charge in [0.1, 0.15) is 6.33 Å². The van der Waals surface area contributed by atoms with E-state index in [9.17, 15) is 0 Å². The number of rotatable bonds is 0. The first-order valence-corrected chi connectivity index (χ1v) is 1.61. The molecule has 0 N–H and O–H groups in total. The van der Waals surface area contributed by atoms with E-state index >= 15 is 0 Å². The van der Waals surface area contributed by atoms with E-state index in [1.165, 1.54) is 6.33 Å². The van der Waals surface area contributed by atoms with Crippen molar-refractivity contribution in [3.05, 3.63) is 24.8 Å². The molecule has 0 saturated heterocycles. The number of aromatic nitrogens is 2. The third-order valence-corrected chi connectivity index (χ3v) is 0.431. The first-order valence-electron chi connectivity index (χ1n) is 1.61. The molecule has 0 atom stereocenters. The molecule has 2 heteroatoms. The van der Waals surface area contributed by atoms with E-state index < -0.39 is 0 Å². The maximum absolute atomic E-state index is 3.62. The second-order valence-electron chi connectivity index (χ2n) is 0.838. The Labute approximate surface area is 35.9 Å². The van der Waals surface area contributed by atoms with Crippen molar-refractivity contribution >= 4 is 0 Å².